The Morgan fingerprint density at radius 2 is 2.22 bits per heavy atom. The molecule has 2 atom stereocenters. The van der Waals surface area contributed by atoms with E-state index in [1.807, 2.05) is 6.92 Å². The molecule has 1 saturated heterocycles. The molecule has 54 valence electrons. The van der Waals surface area contributed by atoms with Crippen LogP contribution in [0.15, 0.2) is 0 Å². The molecule has 2 N–H and O–H groups in total. The highest BCUT2D eigenvalue weighted by atomic mass is 16.7. The molecule has 0 radical (unpaired) electrons. The first-order valence-electron chi connectivity index (χ1n) is 2.83. The molecular formula is C5H10O4. The van der Waals surface area contributed by atoms with Crippen LogP contribution in [0.5, 0.6) is 0 Å². The Morgan fingerprint density at radius 3 is 2.44 bits per heavy atom. The predicted molar refractivity (Wildman–Crippen MR) is 28.5 cm³/mol. The van der Waals surface area contributed by atoms with Gasteiger partial charge in [0.05, 0.1) is 12.7 Å². The number of ether oxygens (including phenoxy) is 2. The van der Waals surface area contributed by atoms with Crippen LogP contribution in [0, 0.1) is 0 Å². The SMILES string of the molecule is CC1COC(C(O)O)O1. The normalized spacial score (nSPS) is 36.0. The molecule has 1 fully saturated rings. The Labute approximate surface area is 53.0 Å². The lowest BCUT2D eigenvalue weighted by atomic mass is 10.5. The highest BCUT2D eigenvalue weighted by Crippen LogP contribution is 2.12. The summed E-state index contributed by atoms with van der Waals surface area (Å²) in [5, 5.41) is 17.0. The Hall–Kier alpha value is -0.160. The van der Waals surface area contributed by atoms with Gasteiger partial charge in [0.15, 0.2) is 0 Å². The van der Waals surface area contributed by atoms with Gasteiger partial charge in [-0.05, 0) is 6.92 Å². The number of hydrogen-bond acceptors (Lipinski definition) is 4. The van der Waals surface area contributed by atoms with Gasteiger partial charge in [-0.3, -0.25) is 0 Å². The summed E-state index contributed by atoms with van der Waals surface area (Å²) in [6.07, 6.45) is -2.40. The largest absolute Gasteiger partial charge is 0.364 e. The van der Waals surface area contributed by atoms with Crippen LogP contribution in [-0.4, -0.2) is 35.5 Å². The van der Waals surface area contributed by atoms with Crippen LogP contribution in [0.3, 0.4) is 0 Å². The Bertz CT molecular complexity index is 93.0. The zero-order valence-electron chi connectivity index (χ0n) is 5.15. The van der Waals surface area contributed by atoms with Gasteiger partial charge < -0.3 is 19.7 Å². The molecule has 4 nitrogen and oxygen atoms in total. The van der Waals surface area contributed by atoms with Crippen molar-refractivity contribution in [3.05, 3.63) is 0 Å². The molecule has 1 heterocycles. The minimum absolute atomic E-state index is 0.0307. The summed E-state index contributed by atoms with van der Waals surface area (Å²) in [6.45, 7) is 2.24. The van der Waals surface area contributed by atoms with Gasteiger partial charge in [0.25, 0.3) is 0 Å². The van der Waals surface area contributed by atoms with Crippen LogP contribution >= 0.6 is 0 Å². The summed E-state index contributed by atoms with van der Waals surface area (Å²) < 4.78 is 9.70. The van der Waals surface area contributed by atoms with Gasteiger partial charge in [-0.1, -0.05) is 0 Å². The monoisotopic (exact) mass is 134 g/mol. The number of rotatable bonds is 1. The Balaban J connectivity index is 2.30. The van der Waals surface area contributed by atoms with Crippen LogP contribution in [0.25, 0.3) is 0 Å². The van der Waals surface area contributed by atoms with Gasteiger partial charge in [-0.2, -0.15) is 0 Å². The maximum atomic E-state index is 8.48. The molecule has 0 saturated carbocycles. The van der Waals surface area contributed by atoms with Crippen LogP contribution in [0.1, 0.15) is 6.92 Å². The molecule has 1 aliphatic heterocycles. The van der Waals surface area contributed by atoms with E-state index in [9.17, 15) is 0 Å². The second-order valence-electron chi connectivity index (χ2n) is 2.06. The summed E-state index contributed by atoms with van der Waals surface area (Å²) in [5.74, 6) is 0. The van der Waals surface area contributed by atoms with E-state index in [1.165, 1.54) is 0 Å². The maximum absolute atomic E-state index is 8.48. The van der Waals surface area contributed by atoms with Crippen molar-refractivity contribution >= 4 is 0 Å². The second-order valence-corrected chi connectivity index (χ2v) is 2.06. The first-order valence-corrected chi connectivity index (χ1v) is 2.83. The highest BCUT2D eigenvalue weighted by Gasteiger charge is 2.27. The molecular weight excluding hydrogens is 124 g/mol. The average molecular weight is 134 g/mol. The van der Waals surface area contributed by atoms with E-state index in [0.29, 0.717) is 6.61 Å². The molecule has 0 aromatic rings. The quantitative estimate of drug-likeness (QED) is 0.454. The van der Waals surface area contributed by atoms with Crippen molar-refractivity contribution in [2.45, 2.75) is 25.6 Å². The van der Waals surface area contributed by atoms with Gasteiger partial charge >= 0.3 is 0 Å². The molecule has 9 heavy (non-hydrogen) atoms. The van der Waals surface area contributed by atoms with Crippen molar-refractivity contribution in [2.24, 2.45) is 0 Å². The van der Waals surface area contributed by atoms with Gasteiger partial charge in [0.2, 0.25) is 12.6 Å². The second kappa shape index (κ2) is 2.62. The molecule has 0 aliphatic carbocycles. The van der Waals surface area contributed by atoms with Gasteiger partial charge in [0.1, 0.15) is 0 Å². The van der Waals surface area contributed by atoms with Crippen LogP contribution < -0.4 is 0 Å². The van der Waals surface area contributed by atoms with Crippen molar-refractivity contribution in [1.82, 2.24) is 0 Å². The fourth-order valence-electron chi connectivity index (χ4n) is 0.694. The zero-order valence-corrected chi connectivity index (χ0v) is 5.15. The summed E-state index contributed by atoms with van der Waals surface area (Å²) in [6, 6.07) is 0. The van der Waals surface area contributed by atoms with Crippen molar-refractivity contribution in [2.75, 3.05) is 6.61 Å². The van der Waals surface area contributed by atoms with E-state index in [2.05, 4.69) is 0 Å². The third-order valence-electron chi connectivity index (χ3n) is 1.11. The fourth-order valence-corrected chi connectivity index (χ4v) is 0.694. The average Bonchev–Trinajstić information content (AvgIpc) is 2.14. The lowest BCUT2D eigenvalue weighted by Gasteiger charge is -2.10. The smallest absolute Gasteiger partial charge is 0.209 e. The lowest BCUT2D eigenvalue weighted by molar-refractivity contribution is -0.209. The fraction of sp³-hybridized carbons (Fsp3) is 1.00. The molecule has 0 amide bonds. The van der Waals surface area contributed by atoms with Gasteiger partial charge in [-0.15, -0.1) is 0 Å². The molecule has 2 unspecified atom stereocenters. The molecule has 0 spiro atoms. The molecule has 1 aliphatic rings. The summed E-state index contributed by atoms with van der Waals surface area (Å²) in [5.41, 5.74) is 0. The minimum Gasteiger partial charge on any atom is -0.364 e. The van der Waals surface area contributed by atoms with E-state index in [4.69, 9.17) is 19.7 Å². The number of aliphatic hydroxyl groups excluding tert-OH is 1. The Morgan fingerprint density at radius 1 is 1.56 bits per heavy atom. The zero-order chi connectivity index (χ0) is 6.85. The minimum atomic E-state index is -1.52. The highest BCUT2D eigenvalue weighted by molar-refractivity contribution is 4.60. The molecule has 1 rings (SSSR count). The number of hydrogen-bond donors (Lipinski definition) is 2. The van der Waals surface area contributed by atoms with Crippen molar-refractivity contribution in [3.8, 4) is 0 Å². The molecule has 0 aromatic carbocycles. The van der Waals surface area contributed by atoms with Crippen molar-refractivity contribution in [3.63, 3.8) is 0 Å². The molecule has 0 bridgehead atoms. The first-order chi connectivity index (χ1) is 4.20. The van der Waals surface area contributed by atoms with Crippen LogP contribution in [-0.2, 0) is 9.47 Å². The topological polar surface area (TPSA) is 58.9 Å². The summed E-state index contributed by atoms with van der Waals surface area (Å²) >= 11 is 0. The third-order valence-corrected chi connectivity index (χ3v) is 1.11. The van der Waals surface area contributed by atoms with E-state index < -0.39 is 12.6 Å². The van der Waals surface area contributed by atoms with E-state index in [0.717, 1.165) is 0 Å². The summed E-state index contributed by atoms with van der Waals surface area (Å²) in [7, 11) is 0. The Kier molecular flexibility index (Phi) is 2.02. The van der Waals surface area contributed by atoms with E-state index in [-0.39, 0.29) is 6.10 Å². The van der Waals surface area contributed by atoms with E-state index >= 15 is 0 Å². The van der Waals surface area contributed by atoms with Crippen molar-refractivity contribution < 1.29 is 19.7 Å². The standard InChI is InChI=1S/C5H10O4/c1-3-2-8-5(9-3)4(6)7/h3-7H,2H2,1H3. The molecule has 4 heteroatoms. The van der Waals surface area contributed by atoms with Gasteiger partial charge in [-0.25, -0.2) is 0 Å². The van der Waals surface area contributed by atoms with Gasteiger partial charge in [0, 0.05) is 0 Å². The lowest BCUT2D eigenvalue weighted by Crippen LogP contribution is -2.26. The third kappa shape index (κ3) is 1.62. The maximum Gasteiger partial charge on any atom is 0.209 e. The van der Waals surface area contributed by atoms with Crippen LogP contribution in [0.2, 0.25) is 0 Å². The first kappa shape index (κ1) is 6.95. The van der Waals surface area contributed by atoms with Crippen LogP contribution in [0.4, 0.5) is 0 Å². The predicted octanol–water partition coefficient (Wildman–Crippen LogP) is -0.942. The van der Waals surface area contributed by atoms with Crippen molar-refractivity contribution in [1.29, 1.82) is 0 Å². The van der Waals surface area contributed by atoms with E-state index in [1.54, 1.807) is 0 Å². The molecule has 0 aromatic heterocycles. The summed E-state index contributed by atoms with van der Waals surface area (Å²) in [4.78, 5) is 0. The number of aliphatic hydroxyl groups is 2.